The molecule has 1 aromatic carbocycles. The highest BCUT2D eigenvalue weighted by Gasteiger charge is 2.31. The number of piperazine rings is 1. The average molecular weight is 490 g/mol. The molecule has 0 radical (unpaired) electrons. The number of furan rings is 1. The first-order valence-corrected chi connectivity index (χ1v) is 12.2. The summed E-state index contributed by atoms with van der Waals surface area (Å²) in [5, 5.41) is 3.99. The van der Waals surface area contributed by atoms with Crippen LogP contribution < -0.4 is 15.2 Å². The molecule has 12 nitrogen and oxygen atoms in total. The number of nitrogens with zero attached hydrogens (tertiary/aromatic N) is 4. The summed E-state index contributed by atoms with van der Waals surface area (Å²) in [7, 11) is -3.78. The Morgan fingerprint density at radius 2 is 1.79 bits per heavy atom. The first kappa shape index (κ1) is 22.2. The molecule has 0 bridgehead atoms. The van der Waals surface area contributed by atoms with Crippen molar-refractivity contribution in [1.29, 1.82) is 0 Å². The van der Waals surface area contributed by atoms with E-state index in [0.717, 1.165) is 11.1 Å². The van der Waals surface area contributed by atoms with Crippen LogP contribution in [0.4, 0.5) is 0 Å². The maximum absolute atomic E-state index is 13.1. The van der Waals surface area contributed by atoms with Crippen LogP contribution in [0.2, 0.25) is 0 Å². The fourth-order valence-corrected chi connectivity index (χ4v) is 5.20. The van der Waals surface area contributed by atoms with Crippen molar-refractivity contribution in [3.8, 4) is 23.1 Å². The third kappa shape index (κ3) is 4.31. The van der Waals surface area contributed by atoms with Crippen molar-refractivity contribution in [2.75, 3.05) is 39.4 Å². The van der Waals surface area contributed by atoms with Gasteiger partial charge in [0.25, 0.3) is 5.89 Å². The van der Waals surface area contributed by atoms with Gasteiger partial charge in [0.1, 0.15) is 6.54 Å². The number of rotatable bonds is 5. The van der Waals surface area contributed by atoms with Gasteiger partial charge in [-0.1, -0.05) is 0 Å². The van der Waals surface area contributed by atoms with E-state index >= 15 is 0 Å². The molecule has 13 heteroatoms. The summed E-state index contributed by atoms with van der Waals surface area (Å²) >= 11 is 0. The number of aromatic nitrogens is 2. The molecule has 2 aliphatic heterocycles. The van der Waals surface area contributed by atoms with Crippen LogP contribution >= 0.6 is 0 Å². The minimum Gasteiger partial charge on any atom is -0.490 e. The topological polar surface area (TPSA) is 137 Å². The lowest BCUT2D eigenvalue weighted by molar-refractivity contribution is -0.133. The first-order valence-electron chi connectivity index (χ1n) is 10.7. The monoisotopic (exact) mass is 490 g/mol. The normalized spacial score (nSPS) is 16.9. The molecule has 3 aromatic rings. The van der Waals surface area contributed by atoms with E-state index in [0.29, 0.717) is 24.7 Å². The Hall–Kier alpha value is -3.58. The molecule has 1 amide bonds. The number of amides is 1. The van der Waals surface area contributed by atoms with Gasteiger partial charge in [-0.2, -0.15) is 8.99 Å². The number of ether oxygens (including phenoxy) is 2. The smallest absolute Gasteiger partial charge is 0.437 e. The molecule has 2 aromatic heterocycles. The summed E-state index contributed by atoms with van der Waals surface area (Å²) in [4.78, 5) is 26.3. The Morgan fingerprint density at radius 3 is 2.53 bits per heavy atom. The number of hydrogen-bond acceptors (Lipinski definition) is 9. The summed E-state index contributed by atoms with van der Waals surface area (Å²) in [5.74, 6) is 0.0275. The number of fused-ring (bicyclic) bond motifs is 1. The van der Waals surface area contributed by atoms with Crippen LogP contribution in [0.3, 0.4) is 0 Å². The van der Waals surface area contributed by atoms with Gasteiger partial charge in [-0.3, -0.25) is 4.79 Å². The number of carbonyl (C=O) groups excluding carboxylic acids is 1. The highest BCUT2D eigenvalue weighted by Crippen LogP contribution is 2.33. The molecule has 34 heavy (non-hydrogen) atoms. The Labute approximate surface area is 194 Å². The Morgan fingerprint density at radius 1 is 1.03 bits per heavy atom. The van der Waals surface area contributed by atoms with E-state index in [1.807, 2.05) is 0 Å². The highest BCUT2D eigenvalue weighted by molar-refractivity contribution is 7.89. The lowest BCUT2D eigenvalue weighted by atomic mass is 10.3. The van der Waals surface area contributed by atoms with Crippen molar-refractivity contribution in [3.63, 3.8) is 0 Å². The van der Waals surface area contributed by atoms with E-state index < -0.39 is 15.8 Å². The molecule has 1 saturated heterocycles. The number of carbonyl (C=O) groups is 1. The quantitative estimate of drug-likeness (QED) is 0.508. The third-order valence-electron chi connectivity index (χ3n) is 5.57. The van der Waals surface area contributed by atoms with Crippen molar-refractivity contribution in [3.05, 3.63) is 47.1 Å². The molecule has 0 saturated carbocycles. The standard InChI is InChI=1S/C21H22N4O8S/c26-19(14-25-21(27)33-20(22-25)17-3-1-10-31-17)23-6-8-24(9-7-23)34(28,29)15-4-5-16-18(13-15)32-12-2-11-30-16/h1,3-5,10,13H,2,6-9,11-12,14H2. The van der Waals surface area contributed by atoms with Crippen molar-refractivity contribution in [2.24, 2.45) is 0 Å². The van der Waals surface area contributed by atoms with Crippen LogP contribution in [-0.2, 0) is 21.4 Å². The van der Waals surface area contributed by atoms with Gasteiger partial charge in [0, 0.05) is 38.7 Å². The van der Waals surface area contributed by atoms with E-state index in [1.54, 1.807) is 18.2 Å². The van der Waals surface area contributed by atoms with Gasteiger partial charge in [0.05, 0.1) is 24.4 Å². The lowest BCUT2D eigenvalue weighted by Crippen LogP contribution is -2.51. The molecule has 1 fully saturated rings. The van der Waals surface area contributed by atoms with E-state index in [2.05, 4.69) is 5.10 Å². The van der Waals surface area contributed by atoms with E-state index in [1.165, 1.54) is 27.6 Å². The minimum atomic E-state index is -3.78. The fraction of sp³-hybridized carbons (Fsp3) is 0.381. The summed E-state index contributed by atoms with van der Waals surface area (Å²) in [5.41, 5.74) is 0. The van der Waals surface area contributed by atoms with Gasteiger partial charge in [0.15, 0.2) is 17.3 Å². The predicted molar refractivity (Wildman–Crippen MR) is 116 cm³/mol. The molecule has 0 atom stereocenters. The number of hydrogen-bond donors (Lipinski definition) is 0. The summed E-state index contributed by atoms with van der Waals surface area (Å²) in [6.07, 6.45) is 2.14. The molecule has 2 aliphatic rings. The second-order valence-corrected chi connectivity index (χ2v) is 9.69. The summed E-state index contributed by atoms with van der Waals surface area (Å²) in [6, 6.07) is 7.77. The van der Waals surface area contributed by atoms with Crippen molar-refractivity contribution in [1.82, 2.24) is 19.0 Å². The molecule has 0 aliphatic carbocycles. The maximum Gasteiger partial charge on any atom is 0.437 e. The molecule has 0 spiro atoms. The SMILES string of the molecule is O=C(Cn1nc(-c2ccco2)oc1=O)N1CCN(S(=O)(=O)c2ccc3c(c2)OCCCO3)CC1. The van der Waals surface area contributed by atoms with Crippen molar-refractivity contribution < 1.29 is 31.5 Å². The van der Waals surface area contributed by atoms with Crippen LogP contribution in [0.5, 0.6) is 11.5 Å². The Bertz CT molecular complexity index is 1340. The molecule has 5 rings (SSSR count). The van der Waals surface area contributed by atoms with E-state index in [4.69, 9.17) is 18.3 Å². The second kappa shape index (κ2) is 8.99. The molecular formula is C21H22N4O8S. The van der Waals surface area contributed by atoms with Gasteiger partial charge in [-0.05, 0) is 24.3 Å². The zero-order valence-electron chi connectivity index (χ0n) is 18.1. The first-order chi connectivity index (χ1) is 16.4. The van der Waals surface area contributed by atoms with E-state index in [9.17, 15) is 18.0 Å². The van der Waals surface area contributed by atoms with Crippen molar-refractivity contribution >= 4 is 15.9 Å². The summed E-state index contributed by atoms with van der Waals surface area (Å²) in [6.45, 7) is 1.24. The van der Waals surface area contributed by atoms with Crippen LogP contribution in [0, 0.1) is 0 Å². The highest BCUT2D eigenvalue weighted by atomic mass is 32.2. The molecule has 180 valence electrons. The largest absolute Gasteiger partial charge is 0.490 e. The third-order valence-corrected chi connectivity index (χ3v) is 7.47. The van der Waals surface area contributed by atoms with Crippen LogP contribution in [0.15, 0.2) is 55.1 Å². The zero-order valence-corrected chi connectivity index (χ0v) is 18.9. The minimum absolute atomic E-state index is 0.0196. The predicted octanol–water partition coefficient (Wildman–Crippen LogP) is 0.791. The van der Waals surface area contributed by atoms with Gasteiger partial charge in [-0.25, -0.2) is 13.2 Å². The summed E-state index contributed by atoms with van der Waals surface area (Å²) < 4.78 is 49.9. The molecule has 0 N–H and O–H groups in total. The number of benzene rings is 1. The van der Waals surface area contributed by atoms with Gasteiger partial charge >= 0.3 is 5.76 Å². The Kier molecular flexibility index (Phi) is 5.87. The van der Waals surface area contributed by atoms with Crippen LogP contribution in [0.25, 0.3) is 11.7 Å². The zero-order chi connectivity index (χ0) is 23.7. The number of sulfonamides is 1. The Balaban J connectivity index is 1.23. The van der Waals surface area contributed by atoms with E-state index in [-0.39, 0.29) is 55.2 Å². The van der Waals surface area contributed by atoms with Gasteiger partial charge in [-0.15, -0.1) is 5.10 Å². The molecular weight excluding hydrogens is 468 g/mol. The van der Waals surface area contributed by atoms with Crippen molar-refractivity contribution in [2.45, 2.75) is 17.9 Å². The lowest BCUT2D eigenvalue weighted by Gasteiger charge is -2.34. The average Bonchev–Trinajstić information content (AvgIpc) is 3.43. The van der Waals surface area contributed by atoms with Crippen LogP contribution in [0.1, 0.15) is 6.42 Å². The molecule has 0 unspecified atom stereocenters. The van der Waals surface area contributed by atoms with Gasteiger partial charge in [0.2, 0.25) is 15.9 Å². The molecule has 4 heterocycles. The van der Waals surface area contributed by atoms with Crippen LogP contribution in [-0.4, -0.2) is 72.7 Å². The fourth-order valence-electron chi connectivity index (χ4n) is 3.77. The second-order valence-electron chi connectivity index (χ2n) is 7.75. The maximum atomic E-state index is 13.1. The van der Waals surface area contributed by atoms with Gasteiger partial charge < -0.3 is 23.2 Å².